The lowest BCUT2D eigenvalue weighted by Gasteiger charge is -2.60. The van der Waals surface area contributed by atoms with Gasteiger partial charge in [-0.05, 0) is 103 Å². The molecule has 7 atom stereocenters. The Balaban J connectivity index is 1.44. The van der Waals surface area contributed by atoms with Crippen molar-refractivity contribution in [2.24, 2.45) is 34.5 Å². The van der Waals surface area contributed by atoms with E-state index in [1.54, 1.807) is 5.57 Å². The quantitative estimate of drug-likeness (QED) is 0.727. The van der Waals surface area contributed by atoms with Gasteiger partial charge in [-0.15, -0.1) is 0 Å². The van der Waals surface area contributed by atoms with Gasteiger partial charge in [-0.25, -0.2) is 0 Å². The number of allylic oxidation sites excluding steroid dienone is 2. The Hall–Kier alpha value is -1.15. The maximum Gasteiger partial charge on any atom is 0.0543 e. The average molecular weight is 352 g/mol. The molecule has 4 unspecified atom stereocenters. The molecule has 0 aromatic carbocycles. The standard InChI is InChI=1S/C24H33NO/c1-23-11-9-18(26)14-17(23)5-6-19-21-8-7-20(16-4-3-13-25-15-16)24(21,2)12-10-22(19)23/h3-4,7,13,15,17-19,21-22,26H,5-6,8-12,14H2,1-2H3/t17?,18-,19?,21?,22?,23-,24+/m0/s1. The first-order valence-electron chi connectivity index (χ1n) is 10.8. The average Bonchev–Trinajstić information content (AvgIpc) is 3.00. The molecule has 0 spiro atoms. The zero-order valence-corrected chi connectivity index (χ0v) is 16.3. The minimum absolute atomic E-state index is 0.0381. The molecule has 2 nitrogen and oxygen atoms in total. The maximum atomic E-state index is 10.2. The van der Waals surface area contributed by atoms with Crippen molar-refractivity contribution >= 4 is 5.57 Å². The number of hydrogen-bond acceptors (Lipinski definition) is 2. The lowest BCUT2D eigenvalue weighted by atomic mass is 9.44. The fraction of sp³-hybridized carbons (Fsp3) is 0.708. The number of fused-ring (bicyclic) bond motifs is 5. The lowest BCUT2D eigenvalue weighted by Crippen LogP contribution is -2.53. The largest absolute Gasteiger partial charge is 0.393 e. The number of aliphatic hydroxyl groups excluding tert-OH is 1. The van der Waals surface area contributed by atoms with Crippen molar-refractivity contribution in [3.05, 3.63) is 36.2 Å². The summed E-state index contributed by atoms with van der Waals surface area (Å²) in [6.07, 6.45) is 16.4. The molecule has 4 aliphatic carbocycles. The van der Waals surface area contributed by atoms with Gasteiger partial charge in [-0.2, -0.15) is 0 Å². The van der Waals surface area contributed by atoms with E-state index >= 15 is 0 Å². The van der Waals surface area contributed by atoms with Crippen LogP contribution in [0.5, 0.6) is 0 Å². The molecule has 1 heterocycles. The second-order valence-electron chi connectivity index (χ2n) is 10.1. The highest BCUT2D eigenvalue weighted by Crippen LogP contribution is 2.67. The molecule has 0 saturated heterocycles. The van der Waals surface area contributed by atoms with Crippen molar-refractivity contribution in [2.75, 3.05) is 0 Å². The highest BCUT2D eigenvalue weighted by atomic mass is 16.3. The van der Waals surface area contributed by atoms with Gasteiger partial charge in [0.1, 0.15) is 0 Å². The van der Waals surface area contributed by atoms with Gasteiger partial charge in [0.05, 0.1) is 6.10 Å². The Bertz CT molecular complexity index is 712. The summed E-state index contributed by atoms with van der Waals surface area (Å²) in [5.41, 5.74) is 3.72. The molecule has 0 amide bonds. The third-order valence-corrected chi connectivity index (χ3v) is 9.19. The third kappa shape index (κ3) is 2.30. The third-order valence-electron chi connectivity index (χ3n) is 9.19. The summed E-state index contributed by atoms with van der Waals surface area (Å²) in [6, 6.07) is 4.33. The molecule has 1 aromatic rings. The summed E-state index contributed by atoms with van der Waals surface area (Å²) in [6.45, 7) is 5.12. The van der Waals surface area contributed by atoms with Gasteiger partial charge in [0.2, 0.25) is 0 Å². The van der Waals surface area contributed by atoms with Crippen molar-refractivity contribution in [3.8, 4) is 0 Å². The number of pyridine rings is 1. The minimum atomic E-state index is -0.0381. The number of aliphatic hydroxyl groups is 1. The van der Waals surface area contributed by atoms with E-state index in [1.807, 2.05) is 6.20 Å². The number of hydrogen-bond donors (Lipinski definition) is 1. The monoisotopic (exact) mass is 351 g/mol. The molecule has 140 valence electrons. The zero-order valence-electron chi connectivity index (χ0n) is 16.3. The van der Waals surface area contributed by atoms with Crippen LogP contribution in [-0.4, -0.2) is 16.2 Å². The number of nitrogens with zero attached hydrogens (tertiary/aromatic N) is 1. The van der Waals surface area contributed by atoms with Crippen molar-refractivity contribution in [1.29, 1.82) is 0 Å². The van der Waals surface area contributed by atoms with Crippen LogP contribution in [0, 0.1) is 34.5 Å². The lowest BCUT2D eigenvalue weighted by molar-refractivity contribution is -0.115. The molecule has 0 aliphatic heterocycles. The Labute approximate surface area is 158 Å². The molecule has 26 heavy (non-hydrogen) atoms. The molecular weight excluding hydrogens is 318 g/mol. The van der Waals surface area contributed by atoms with Crippen LogP contribution in [0.2, 0.25) is 0 Å². The predicted octanol–water partition coefficient (Wildman–Crippen LogP) is 5.48. The van der Waals surface area contributed by atoms with Crippen molar-refractivity contribution < 1.29 is 5.11 Å². The van der Waals surface area contributed by atoms with Gasteiger partial charge in [0.25, 0.3) is 0 Å². The van der Waals surface area contributed by atoms with Gasteiger partial charge in [-0.3, -0.25) is 4.98 Å². The molecule has 0 radical (unpaired) electrons. The molecule has 3 fully saturated rings. The van der Waals surface area contributed by atoms with Gasteiger partial charge >= 0.3 is 0 Å². The molecule has 0 bridgehead atoms. The van der Waals surface area contributed by atoms with Crippen LogP contribution in [0.1, 0.15) is 70.8 Å². The first kappa shape index (κ1) is 17.0. The second kappa shape index (κ2) is 5.92. The zero-order chi connectivity index (χ0) is 17.9. The SMILES string of the molecule is C[C@]12CC[C@H](O)CC1CCC1C2CC[C@]2(C)C(c3cccnc3)=CCC12. The van der Waals surface area contributed by atoms with E-state index in [9.17, 15) is 5.11 Å². The first-order chi connectivity index (χ1) is 12.5. The molecule has 2 heteroatoms. The summed E-state index contributed by atoms with van der Waals surface area (Å²) >= 11 is 0. The van der Waals surface area contributed by atoms with Crippen LogP contribution < -0.4 is 0 Å². The first-order valence-corrected chi connectivity index (χ1v) is 10.8. The second-order valence-corrected chi connectivity index (χ2v) is 10.1. The molecule has 1 N–H and O–H groups in total. The van der Waals surface area contributed by atoms with Crippen LogP contribution >= 0.6 is 0 Å². The van der Waals surface area contributed by atoms with E-state index in [0.717, 1.165) is 36.5 Å². The fourth-order valence-corrected chi connectivity index (χ4v) is 7.77. The van der Waals surface area contributed by atoms with Crippen molar-refractivity contribution in [2.45, 2.75) is 71.3 Å². The van der Waals surface area contributed by atoms with E-state index in [1.165, 1.54) is 44.1 Å². The normalized spacial score (nSPS) is 47.5. The van der Waals surface area contributed by atoms with E-state index in [4.69, 9.17) is 0 Å². The van der Waals surface area contributed by atoms with Crippen LogP contribution in [0.3, 0.4) is 0 Å². The smallest absolute Gasteiger partial charge is 0.0543 e. The predicted molar refractivity (Wildman–Crippen MR) is 105 cm³/mol. The van der Waals surface area contributed by atoms with Crippen LogP contribution in [0.25, 0.3) is 5.57 Å². The van der Waals surface area contributed by atoms with Crippen LogP contribution in [0.15, 0.2) is 30.6 Å². The maximum absolute atomic E-state index is 10.2. The van der Waals surface area contributed by atoms with E-state index in [0.29, 0.717) is 10.8 Å². The van der Waals surface area contributed by atoms with E-state index in [-0.39, 0.29) is 6.10 Å². The fourth-order valence-electron chi connectivity index (χ4n) is 7.77. The van der Waals surface area contributed by atoms with Crippen molar-refractivity contribution in [3.63, 3.8) is 0 Å². The molecule has 1 aromatic heterocycles. The van der Waals surface area contributed by atoms with Crippen LogP contribution in [0.4, 0.5) is 0 Å². The minimum Gasteiger partial charge on any atom is -0.393 e. The molecule has 5 rings (SSSR count). The summed E-state index contributed by atoms with van der Waals surface area (Å²) in [5, 5.41) is 10.2. The molecule has 4 aliphatic rings. The Morgan fingerprint density at radius 3 is 2.77 bits per heavy atom. The molecular formula is C24H33NO. The van der Waals surface area contributed by atoms with E-state index in [2.05, 4.69) is 43.2 Å². The van der Waals surface area contributed by atoms with Gasteiger partial charge in [0.15, 0.2) is 0 Å². The number of rotatable bonds is 1. The van der Waals surface area contributed by atoms with Crippen molar-refractivity contribution in [1.82, 2.24) is 4.98 Å². The Kier molecular flexibility index (Phi) is 3.87. The van der Waals surface area contributed by atoms with Gasteiger partial charge < -0.3 is 5.11 Å². The summed E-state index contributed by atoms with van der Waals surface area (Å²) in [7, 11) is 0. The van der Waals surface area contributed by atoms with Crippen LogP contribution in [-0.2, 0) is 0 Å². The highest BCUT2D eigenvalue weighted by Gasteiger charge is 2.58. The molecule has 3 saturated carbocycles. The highest BCUT2D eigenvalue weighted by molar-refractivity contribution is 5.72. The summed E-state index contributed by atoms with van der Waals surface area (Å²) in [5.74, 6) is 3.30. The Morgan fingerprint density at radius 1 is 1.08 bits per heavy atom. The topological polar surface area (TPSA) is 33.1 Å². The summed E-state index contributed by atoms with van der Waals surface area (Å²) < 4.78 is 0. The number of aromatic nitrogens is 1. The van der Waals surface area contributed by atoms with Gasteiger partial charge in [-0.1, -0.05) is 26.0 Å². The van der Waals surface area contributed by atoms with Gasteiger partial charge in [0, 0.05) is 12.4 Å². The Morgan fingerprint density at radius 2 is 1.96 bits per heavy atom. The summed E-state index contributed by atoms with van der Waals surface area (Å²) in [4.78, 5) is 4.39. The van der Waals surface area contributed by atoms with E-state index < -0.39 is 0 Å².